The smallest absolute Gasteiger partial charge is 0.425 e. The lowest BCUT2D eigenvalue weighted by Crippen LogP contribution is -2.49. The highest BCUT2D eigenvalue weighted by Gasteiger charge is 2.27. The zero-order valence-electron chi connectivity index (χ0n) is 26.5. The van der Waals surface area contributed by atoms with Crippen LogP contribution in [0.1, 0.15) is 25.0 Å². The first kappa shape index (κ1) is 31.5. The van der Waals surface area contributed by atoms with Gasteiger partial charge in [0, 0.05) is 56.2 Å². The van der Waals surface area contributed by atoms with E-state index < -0.39 is 6.09 Å². The number of piperazine rings is 1. The Balaban J connectivity index is 1.43. The first-order valence-electron chi connectivity index (χ1n) is 14.9. The first-order valence-corrected chi connectivity index (χ1v) is 14.9. The van der Waals surface area contributed by atoms with Gasteiger partial charge in [0.1, 0.15) is 28.9 Å². The molecule has 45 heavy (non-hydrogen) atoms. The van der Waals surface area contributed by atoms with E-state index in [1.807, 2.05) is 32.0 Å². The summed E-state index contributed by atoms with van der Waals surface area (Å²) in [5.74, 6) is 1.42. The molecule has 1 N–H and O–H groups in total. The van der Waals surface area contributed by atoms with Crippen molar-refractivity contribution in [3.8, 4) is 17.2 Å². The minimum Gasteiger partial charge on any atom is -0.497 e. The van der Waals surface area contributed by atoms with E-state index in [1.54, 1.807) is 43.5 Å². The summed E-state index contributed by atoms with van der Waals surface area (Å²) in [5.41, 5.74) is 3.03. The van der Waals surface area contributed by atoms with Gasteiger partial charge in [-0.05, 0) is 69.2 Å². The van der Waals surface area contributed by atoms with Crippen LogP contribution in [0.15, 0.2) is 66.9 Å². The summed E-state index contributed by atoms with van der Waals surface area (Å²) < 4.78 is 32.2. The van der Waals surface area contributed by atoms with Crippen molar-refractivity contribution >= 4 is 34.9 Å². The van der Waals surface area contributed by atoms with Gasteiger partial charge in [0.15, 0.2) is 0 Å². The largest absolute Gasteiger partial charge is 0.497 e. The van der Waals surface area contributed by atoms with E-state index in [9.17, 15) is 4.79 Å². The van der Waals surface area contributed by atoms with Crippen molar-refractivity contribution in [3.05, 3.63) is 83.8 Å². The number of nitrogens with one attached hydrogen (secondary N) is 1. The van der Waals surface area contributed by atoms with Crippen molar-refractivity contribution in [2.75, 3.05) is 55.5 Å². The van der Waals surface area contributed by atoms with E-state index in [0.717, 1.165) is 37.3 Å². The maximum atomic E-state index is 15.3. The number of anilines is 5. The number of rotatable bonds is 9. The number of benzene rings is 3. The summed E-state index contributed by atoms with van der Waals surface area (Å²) in [5, 5.41) is 3.08. The number of para-hydroxylation sites is 1. The van der Waals surface area contributed by atoms with Crippen molar-refractivity contribution in [3.63, 3.8) is 0 Å². The van der Waals surface area contributed by atoms with Crippen LogP contribution in [0.25, 0.3) is 0 Å². The number of amides is 1. The van der Waals surface area contributed by atoms with Crippen molar-refractivity contribution in [1.82, 2.24) is 14.9 Å². The Morgan fingerprint density at radius 2 is 1.69 bits per heavy atom. The van der Waals surface area contributed by atoms with Crippen molar-refractivity contribution in [1.29, 1.82) is 0 Å². The number of aryl methyl sites for hydroxylation is 2. The average molecular weight is 615 g/mol. The highest BCUT2D eigenvalue weighted by molar-refractivity contribution is 5.98. The molecule has 0 unspecified atom stereocenters. The predicted octanol–water partition coefficient (Wildman–Crippen LogP) is 6.86. The fraction of sp³-hybridized carbons (Fsp3) is 0.324. The van der Waals surface area contributed by atoms with Gasteiger partial charge in [0.05, 0.1) is 25.6 Å². The summed E-state index contributed by atoms with van der Waals surface area (Å²) >= 11 is 0. The molecule has 5 rings (SSSR count). The minimum absolute atomic E-state index is 0.169. The fourth-order valence-electron chi connectivity index (χ4n) is 5.36. The average Bonchev–Trinajstić information content (AvgIpc) is 3.03. The van der Waals surface area contributed by atoms with E-state index in [0.29, 0.717) is 40.4 Å². The van der Waals surface area contributed by atoms with E-state index in [1.165, 1.54) is 24.3 Å². The zero-order valence-corrected chi connectivity index (χ0v) is 26.5. The lowest BCUT2D eigenvalue weighted by Gasteiger charge is -2.38. The molecule has 1 fully saturated rings. The maximum Gasteiger partial charge on any atom is 0.425 e. The van der Waals surface area contributed by atoms with Gasteiger partial charge in [-0.25, -0.2) is 19.1 Å². The molecule has 3 aromatic carbocycles. The Hall–Kier alpha value is -4.90. The molecule has 0 bridgehead atoms. The summed E-state index contributed by atoms with van der Waals surface area (Å²) in [6, 6.07) is 17.8. The van der Waals surface area contributed by atoms with Gasteiger partial charge in [-0.2, -0.15) is 4.98 Å². The standard InChI is InChI=1S/C34H39FN6O4/c1-22(2)39-16-18-40(19-17-39)28-12-10-25(20-27(28)35)37-33-36-15-14-31(38-33)41(29-13-11-26(43-5)21-30(29)44-6)34(42)45-32-23(3)8-7-9-24(32)4/h7-15,20-22H,16-19H2,1-6H3,(H,36,37,38). The highest BCUT2D eigenvalue weighted by atomic mass is 19.1. The van der Waals surface area contributed by atoms with E-state index in [4.69, 9.17) is 14.2 Å². The van der Waals surface area contributed by atoms with Crippen LogP contribution in [0.2, 0.25) is 0 Å². The minimum atomic E-state index is -0.700. The second-order valence-electron chi connectivity index (χ2n) is 11.1. The second-order valence-corrected chi connectivity index (χ2v) is 11.1. The molecule has 4 aromatic rings. The van der Waals surface area contributed by atoms with E-state index in [-0.39, 0.29) is 17.6 Å². The zero-order chi connectivity index (χ0) is 32.1. The Labute approximate surface area is 263 Å². The van der Waals surface area contributed by atoms with Crippen molar-refractivity contribution in [2.24, 2.45) is 0 Å². The van der Waals surface area contributed by atoms with Crippen LogP contribution in [0.4, 0.5) is 38.0 Å². The summed E-state index contributed by atoms with van der Waals surface area (Å²) in [4.78, 5) is 28.6. The normalized spacial score (nSPS) is 13.5. The lowest BCUT2D eigenvalue weighted by atomic mass is 10.1. The van der Waals surface area contributed by atoms with Gasteiger partial charge in [0.2, 0.25) is 5.95 Å². The van der Waals surface area contributed by atoms with Gasteiger partial charge in [-0.3, -0.25) is 4.90 Å². The molecule has 1 amide bonds. The van der Waals surface area contributed by atoms with Crippen LogP contribution in [0, 0.1) is 19.7 Å². The van der Waals surface area contributed by atoms with Crippen molar-refractivity contribution < 1.29 is 23.4 Å². The van der Waals surface area contributed by atoms with Crippen LogP contribution in [-0.4, -0.2) is 67.4 Å². The van der Waals surface area contributed by atoms with Gasteiger partial charge in [-0.15, -0.1) is 0 Å². The number of methoxy groups -OCH3 is 2. The van der Waals surface area contributed by atoms with Crippen LogP contribution in [0.3, 0.4) is 0 Å². The fourth-order valence-corrected chi connectivity index (χ4v) is 5.36. The van der Waals surface area contributed by atoms with Crippen LogP contribution in [-0.2, 0) is 0 Å². The summed E-state index contributed by atoms with van der Waals surface area (Å²) in [6.45, 7) is 11.4. The topological polar surface area (TPSA) is 92.3 Å². The number of hydrogen-bond acceptors (Lipinski definition) is 9. The number of aromatic nitrogens is 2. The number of hydrogen-bond donors (Lipinski definition) is 1. The monoisotopic (exact) mass is 614 g/mol. The Morgan fingerprint density at radius 3 is 2.33 bits per heavy atom. The number of halogens is 1. The Morgan fingerprint density at radius 1 is 0.956 bits per heavy atom. The predicted molar refractivity (Wildman–Crippen MR) is 174 cm³/mol. The molecule has 11 heteroatoms. The Bertz CT molecular complexity index is 1640. The van der Waals surface area contributed by atoms with Gasteiger partial charge >= 0.3 is 6.09 Å². The van der Waals surface area contributed by atoms with Crippen LogP contribution >= 0.6 is 0 Å². The van der Waals surface area contributed by atoms with Crippen LogP contribution in [0.5, 0.6) is 17.2 Å². The summed E-state index contributed by atoms with van der Waals surface area (Å²) in [6.07, 6.45) is 0.812. The molecule has 2 heterocycles. The molecule has 236 valence electrons. The second kappa shape index (κ2) is 13.8. The molecule has 0 saturated carbocycles. The SMILES string of the molecule is COc1ccc(N(C(=O)Oc2c(C)cccc2C)c2ccnc(Nc3ccc(N4CCN(C(C)C)CC4)c(F)c3)n2)c(OC)c1. The molecule has 1 aliphatic rings. The number of ether oxygens (including phenoxy) is 3. The third-order valence-electron chi connectivity index (χ3n) is 7.87. The number of nitrogens with zero attached hydrogens (tertiary/aromatic N) is 5. The Kier molecular flexibility index (Phi) is 9.68. The highest BCUT2D eigenvalue weighted by Crippen LogP contribution is 2.37. The third kappa shape index (κ3) is 7.09. The van der Waals surface area contributed by atoms with Gasteiger partial charge in [-0.1, -0.05) is 18.2 Å². The van der Waals surface area contributed by atoms with Gasteiger partial charge in [0.25, 0.3) is 0 Å². The molecule has 1 aromatic heterocycles. The van der Waals surface area contributed by atoms with Crippen LogP contribution < -0.4 is 29.3 Å². The quantitative estimate of drug-likeness (QED) is 0.217. The summed E-state index contributed by atoms with van der Waals surface area (Å²) in [7, 11) is 3.05. The molecule has 10 nitrogen and oxygen atoms in total. The van der Waals surface area contributed by atoms with E-state index in [2.05, 4.69) is 38.9 Å². The molecule has 1 aliphatic heterocycles. The molecular weight excluding hydrogens is 575 g/mol. The molecule has 0 atom stereocenters. The molecule has 0 spiro atoms. The number of carbonyl (C=O) groups is 1. The molecule has 0 radical (unpaired) electrons. The van der Waals surface area contributed by atoms with Gasteiger partial charge < -0.3 is 24.4 Å². The molecule has 0 aliphatic carbocycles. The lowest BCUT2D eigenvalue weighted by molar-refractivity contribution is 0.209. The first-order chi connectivity index (χ1) is 21.7. The van der Waals surface area contributed by atoms with E-state index >= 15 is 4.39 Å². The maximum absolute atomic E-state index is 15.3. The number of carbonyl (C=O) groups excluding carboxylic acids is 1. The molecular formula is C34H39FN6O4. The van der Waals surface area contributed by atoms with Crippen molar-refractivity contribution in [2.45, 2.75) is 33.7 Å². The molecule has 1 saturated heterocycles. The third-order valence-corrected chi connectivity index (χ3v) is 7.87.